The van der Waals surface area contributed by atoms with E-state index in [-0.39, 0.29) is 16.6 Å². The molecule has 0 N–H and O–H groups in total. The molecular weight excluding hydrogens is 264 g/mol. The number of pyridine rings is 1. The predicted octanol–water partition coefficient (Wildman–Crippen LogP) is 4.30. The lowest BCUT2D eigenvalue weighted by molar-refractivity contribution is -0.385. The molecule has 0 bridgehead atoms. The minimum Gasteiger partial charge on any atom is -0.258 e. The van der Waals surface area contributed by atoms with E-state index in [0.29, 0.717) is 17.5 Å². The van der Waals surface area contributed by atoms with Crippen molar-refractivity contribution < 1.29 is 4.92 Å². The van der Waals surface area contributed by atoms with E-state index in [9.17, 15) is 10.1 Å². The first-order valence-electron chi connectivity index (χ1n) is 6.14. The Balaban J connectivity index is 2.81. The number of hydrogen-bond donors (Lipinski definition) is 0. The Labute approximate surface area is 116 Å². The first kappa shape index (κ1) is 13.7. The van der Waals surface area contributed by atoms with Gasteiger partial charge in [0, 0.05) is 5.39 Å². The fourth-order valence-electron chi connectivity index (χ4n) is 2.14. The van der Waals surface area contributed by atoms with Crippen molar-refractivity contribution in [2.24, 2.45) is 5.92 Å². The molecule has 0 spiro atoms. The van der Waals surface area contributed by atoms with E-state index in [0.717, 1.165) is 11.1 Å². The Hall–Kier alpha value is -1.68. The van der Waals surface area contributed by atoms with Gasteiger partial charge >= 0.3 is 5.69 Å². The van der Waals surface area contributed by atoms with Crippen molar-refractivity contribution in [1.29, 1.82) is 0 Å². The highest BCUT2D eigenvalue weighted by atomic mass is 35.5. The van der Waals surface area contributed by atoms with Crippen LogP contribution in [-0.2, 0) is 6.42 Å². The first-order valence-corrected chi connectivity index (χ1v) is 6.51. The van der Waals surface area contributed by atoms with Crippen LogP contribution in [0.1, 0.15) is 25.1 Å². The fourth-order valence-corrected chi connectivity index (χ4v) is 2.47. The highest BCUT2D eigenvalue weighted by Crippen LogP contribution is 2.36. The lowest BCUT2D eigenvalue weighted by Crippen LogP contribution is -2.05. The van der Waals surface area contributed by atoms with Gasteiger partial charge in [-0.1, -0.05) is 43.6 Å². The second kappa shape index (κ2) is 5.13. The molecule has 0 fully saturated rings. The van der Waals surface area contributed by atoms with Crippen molar-refractivity contribution in [1.82, 2.24) is 4.98 Å². The first-order chi connectivity index (χ1) is 8.91. The summed E-state index contributed by atoms with van der Waals surface area (Å²) < 4.78 is 0. The molecule has 1 heterocycles. The summed E-state index contributed by atoms with van der Waals surface area (Å²) in [5.41, 5.74) is 2.12. The van der Waals surface area contributed by atoms with Gasteiger partial charge in [0.1, 0.15) is 10.7 Å². The Bertz CT molecular complexity index is 653. The normalized spacial score (nSPS) is 11.2. The summed E-state index contributed by atoms with van der Waals surface area (Å²) in [6, 6.07) is 5.53. The van der Waals surface area contributed by atoms with Gasteiger partial charge in [-0.25, -0.2) is 4.98 Å². The third-order valence-corrected chi connectivity index (χ3v) is 3.37. The third kappa shape index (κ3) is 2.54. The molecule has 0 atom stereocenters. The molecule has 5 heteroatoms. The van der Waals surface area contributed by atoms with E-state index >= 15 is 0 Å². The zero-order chi connectivity index (χ0) is 14.2. The number of benzene rings is 1. The van der Waals surface area contributed by atoms with E-state index in [2.05, 4.69) is 4.98 Å². The summed E-state index contributed by atoms with van der Waals surface area (Å²) in [5, 5.41) is 12.1. The van der Waals surface area contributed by atoms with Crippen LogP contribution in [0.5, 0.6) is 0 Å². The Morgan fingerprint density at radius 2 is 2.11 bits per heavy atom. The molecule has 0 amide bonds. The van der Waals surface area contributed by atoms with E-state index in [4.69, 9.17) is 11.6 Å². The highest BCUT2D eigenvalue weighted by Gasteiger charge is 2.24. The molecule has 0 saturated carbocycles. The molecule has 2 rings (SSSR count). The van der Waals surface area contributed by atoms with Crippen LogP contribution >= 0.6 is 11.6 Å². The second-order valence-electron chi connectivity index (χ2n) is 5.05. The van der Waals surface area contributed by atoms with Crippen LogP contribution in [0.3, 0.4) is 0 Å². The SMILES string of the molecule is Cc1cccc2c(Cl)c([N+](=O)[O-])c(CC(C)C)nc12. The number of aryl methyl sites for hydroxylation is 1. The van der Waals surface area contributed by atoms with E-state index in [1.165, 1.54) is 0 Å². The van der Waals surface area contributed by atoms with E-state index in [1.807, 2.05) is 32.9 Å². The van der Waals surface area contributed by atoms with Gasteiger partial charge in [-0.3, -0.25) is 10.1 Å². The molecule has 1 aromatic carbocycles. The number of fused-ring (bicyclic) bond motifs is 1. The smallest absolute Gasteiger partial charge is 0.258 e. The molecule has 1 aromatic heterocycles. The summed E-state index contributed by atoms with van der Waals surface area (Å²) in [6.07, 6.45) is 0.542. The van der Waals surface area contributed by atoms with Crippen LogP contribution in [0, 0.1) is 23.0 Å². The zero-order valence-corrected chi connectivity index (χ0v) is 11.9. The minimum absolute atomic E-state index is 0.0616. The molecule has 0 radical (unpaired) electrons. The average molecular weight is 279 g/mol. The largest absolute Gasteiger partial charge is 0.309 e. The van der Waals surface area contributed by atoms with Gasteiger partial charge in [0.2, 0.25) is 0 Å². The number of halogens is 1. The number of para-hydroxylation sites is 1. The van der Waals surface area contributed by atoms with Crippen LogP contribution < -0.4 is 0 Å². The zero-order valence-electron chi connectivity index (χ0n) is 11.1. The summed E-state index contributed by atoms with van der Waals surface area (Å²) in [6.45, 7) is 5.93. The lowest BCUT2D eigenvalue weighted by atomic mass is 10.0. The maximum Gasteiger partial charge on any atom is 0.309 e. The number of hydrogen-bond acceptors (Lipinski definition) is 3. The Kier molecular flexibility index (Phi) is 3.71. The van der Waals surface area contributed by atoms with Gasteiger partial charge in [0.15, 0.2) is 0 Å². The monoisotopic (exact) mass is 278 g/mol. The molecule has 2 aromatic rings. The molecule has 4 nitrogen and oxygen atoms in total. The van der Waals surface area contributed by atoms with Gasteiger partial charge in [-0.2, -0.15) is 0 Å². The van der Waals surface area contributed by atoms with E-state index < -0.39 is 4.92 Å². The lowest BCUT2D eigenvalue weighted by Gasteiger charge is -2.10. The van der Waals surface area contributed by atoms with Gasteiger partial charge in [-0.15, -0.1) is 0 Å². The maximum atomic E-state index is 11.2. The standard InChI is InChI=1S/C14H15ClN2O2/c1-8(2)7-11-14(17(18)19)12(15)10-6-4-5-9(3)13(10)16-11/h4-6,8H,7H2,1-3H3. The molecule has 0 aliphatic rings. The Morgan fingerprint density at radius 1 is 1.42 bits per heavy atom. The van der Waals surface area contributed by atoms with Crippen molar-refractivity contribution in [3.8, 4) is 0 Å². The molecule has 19 heavy (non-hydrogen) atoms. The molecular formula is C14H15ClN2O2. The number of nitrogens with zero attached hydrogens (tertiary/aromatic N) is 2. The van der Waals surface area contributed by atoms with Crippen molar-refractivity contribution in [3.05, 3.63) is 44.6 Å². The van der Waals surface area contributed by atoms with Crippen LogP contribution in [0.2, 0.25) is 5.02 Å². The third-order valence-electron chi connectivity index (χ3n) is 2.99. The summed E-state index contributed by atoms with van der Waals surface area (Å²) in [4.78, 5) is 15.3. The van der Waals surface area contributed by atoms with Crippen LogP contribution in [0.25, 0.3) is 10.9 Å². The topological polar surface area (TPSA) is 56.0 Å². The maximum absolute atomic E-state index is 11.2. The van der Waals surface area contributed by atoms with Crippen molar-refractivity contribution in [3.63, 3.8) is 0 Å². The van der Waals surface area contributed by atoms with Gasteiger partial charge in [-0.05, 0) is 24.8 Å². The van der Waals surface area contributed by atoms with Crippen molar-refractivity contribution in [2.45, 2.75) is 27.2 Å². The molecule has 0 saturated heterocycles. The quantitative estimate of drug-likeness (QED) is 0.621. The minimum atomic E-state index is -0.436. The fraction of sp³-hybridized carbons (Fsp3) is 0.357. The molecule has 0 unspecified atom stereocenters. The molecule has 0 aliphatic carbocycles. The van der Waals surface area contributed by atoms with Gasteiger partial charge < -0.3 is 0 Å². The van der Waals surface area contributed by atoms with Gasteiger partial charge in [0.05, 0.1) is 10.4 Å². The highest BCUT2D eigenvalue weighted by molar-refractivity contribution is 6.37. The summed E-state index contributed by atoms with van der Waals surface area (Å²) in [7, 11) is 0. The van der Waals surface area contributed by atoms with Crippen molar-refractivity contribution >= 4 is 28.2 Å². The molecule has 100 valence electrons. The number of nitro groups is 1. The summed E-state index contributed by atoms with van der Waals surface area (Å²) >= 11 is 6.22. The average Bonchev–Trinajstić information content (AvgIpc) is 2.29. The van der Waals surface area contributed by atoms with Crippen molar-refractivity contribution in [2.75, 3.05) is 0 Å². The van der Waals surface area contributed by atoms with Crippen LogP contribution in [0.15, 0.2) is 18.2 Å². The predicted molar refractivity (Wildman–Crippen MR) is 76.7 cm³/mol. The van der Waals surface area contributed by atoms with Gasteiger partial charge in [0.25, 0.3) is 0 Å². The summed E-state index contributed by atoms with van der Waals surface area (Å²) in [5.74, 6) is 0.281. The van der Waals surface area contributed by atoms with Crippen LogP contribution in [0.4, 0.5) is 5.69 Å². The number of aromatic nitrogens is 1. The second-order valence-corrected chi connectivity index (χ2v) is 5.43. The van der Waals surface area contributed by atoms with Crippen LogP contribution in [-0.4, -0.2) is 9.91 Å². The Morgan fingerprint density at radius 3 is 2.68 bits per heavy atom. The van der Waals surface area contributed by atoms with E-state index in [1.54, 1.807) is 6.07 Å². The molecule has 0 aliphatic heterocycles. The number of rotatable bonds is 3.